The number of aromatic nitrogens is 2. The van der Waals surface area contributed by atoms with E-state index in [0.29, 0.717) is 11.4 Å². The number of rotatable bonds is 3. The Bertz CT molecular complexity index is 1260. The van der Waals surface area contributed by atoms with E-state index in [1.54, 1.807) is 0 Å². The third-order valence-electron chi connectivity index (χ3n) is 5.88. The highest BCUT2D eigenvalue weighted by molar-refractivity contribution is 9.10. The van der Waals surface area contributed by atoms with Gasteiger partial charge in [0, 0.05) is 36.0 Å². The molecule has 1 saturated heterocycles. The molecule has 0 spiro atoms. The van der Waals surface area contributed by atoms with Crippen LogP contribution in [0.4, 0.5) is 0 Å². The first-order chi connectivity index (χ1) is 15.5. The maximum Gasteiger partial charge on any atom is 0.286 e. The van der Waals surface area contributed by atoms with Crippen LogP contribution in [0, 0.1) is 6.92 Å². The molecule has 0 N–H and O–H groups in total. The molecule has 2 aromatic carbocycles. The molecule has 32 heavy (non-hydrogen) atoms. The number of halogens is 1. The van der Waals surface area contributed by atoms with Crippen molar-refractivity contribution in [2.24, 2.45) is 4.99 Å². The van der Waals surface area contributed by atoms with Gasteiger partial charge in [0.2, 0.25) is 0 Å². The van der Waals surface area contributed by atoms with E-state index in [2.05, 4.69) is 80.1 Å². The fraction of sp³-hybridized carbons (Fsp3) is 0.292. The van der Waals surface area contributed by atoms with Crippen molar-refractivity contribution in [3.8, 4) is 0 Å². The number of nitrogens with zero attached hydrogens (tertiary/aromatic N) is 5. The Morgan fingerprint density at radius 1 is 1.12 bits per heavy atom. The highest BCUT2D eigenvalue weighted by Gasteiger charge is 2.27. The molecular formula is C24H24BrN5OS. The number of amidine groups is 1. The fourth-order valence-electron chi connectivity index (χ4n) is 3.95. The van der Waals surface area contributed by atoms with Crippen LogP contribution < -0.4 is 0 Å². The standard InChI is InChI=1S/C24H24BrN5OS/c1-16-3-5-18(20(25)11-16)15-30-21-6-4-17(12-19(21)14-26-30)13-22-23(31)27-24(32-22)29-9-7-28(2)8-10-29/h3-6,11-14H,7-10,15H2,1-2H3/b22-13-. The molecule has 2 aliphatic heterocycles. The van der Waals surface area contributed by atoms with E-state index in [9.17, 15) is 4.79 Å². The summed E-state index contributed by atoms with van der Waals surface area (Å²) < 4.78 is 3.10. The Balaban J connectivity index is 1.34. The number of amides is 1. The number of carbonyl (C=O) groups excluding carboxylic acids is 1. The normalized spacial score (nSPS) is 18.7. The minimum atomic E-state index is -0.149. The van der Waals surface area contributed by atoms with Crippen molar-refractivity contribution in [3.63, 3.8) is 0 Å². The zero-order valence-electron chi connectivity index (χ0n) is 18.1. The lowest BCUT2D eigenvalue weighted by molar-refractivity contribution is -0.113. The number of carbonyl (C=O) groups is 1. The number of thioether (sulfide) groups is 1. The van der Waals surface area contributed by atoms with Crippen molar-refractivity contribution in [2.45, 2.75) is 13.5 Å². The Labute approximate surface area is 200 Å². The molecular weight excluding hydrogens is 486 g/mol. The summed E-state index contributed by atoms with van der Waals surface area (Å²) in [6.45, 7) is 6.58. The lowest BCUT2D eigenvalue weighted by atomic mass is 10.1. The smallest absolute Gasteiger partial charge is 0.286 e. The summed E-state index contributed by atoms with van der Waals surface area (Å²) in [5.74, 6) is -0.149. The summed E-state index contributed by atoms with van der Waals surface area (Å²) >= 11 is 5.14. The minimum absolute atomic E-state index is 0.149. The predicted molar refractivity (Wildman–Crippen MR) is 135 cm³/mol. The van der Waals surface area contributed by atoms with Gasteiger partial charge in [-0.1, -0.05) is 34.1 Å². The molecule has 1 fully saturated rings. The number of aliphatic imine (C=N–C) groups is 1. The van der Waals surface area contributed by atoms with Crippen LogP contribution in [0.2, 0.25) is 0 Å². The highest BCUT2D eigenvalue weighted by Crippen LogP contribution is 2.31. The van der Waals surface area contributed by atoms with E-state index in [4.69, 9.17) is 0 Å². The summed E-state index contributed by atoms with van der Waals surface area (Å²) in [5, 5.41) is 6.47. The molecule has 6 nitrogen and oxygen atoms in total. The van der Waals surface area contributed by atoms with Crippen molar-refractivity contribution in [1.82, 2.24) is 19.6 Å². The molecule has 164 valence electrons. The zero-order chi connectivity index (χ0) is 22.2. The van der Waals surface area contributed by atoms with Crippen LogP contribution in [0.5, 0.6) is 0 Å². The predicted octanol–water partition coefficient (Wildman–Crippen LogP) is 4.37. The van der Waals surface area contributed by atoms with Gasteiger partial charge in [-0.2, -0.15) is 10.1 Å². The molecule has 0 atom stereocenters. The molecule has 2 aliphatic rings. The van der Waals surface area contributed by atoms with Crippen molar-refractivity contribution in [1.29, 1.82) is 0 Å². The van der Waals surface area contributed by atoms with E-state index in [0.717, 1.165) is 52.3 Å². The van der Waals surface area contributed by atoms with Crippen molar-refractivity contribution in [3.05, 3.63) is 68.7 Å². The summed E-state index contributed by atoms with van der Waals surface area (Å²) in [4.78, 5) is 22.0. The monoisotopic (exact) mass is 509 g/mol. The van der Waals surface area contributed by atoms with Gasteiger partial charge >= 0.3 is 0 Å². The number of aryl methyl sites for hydroxylation is 1. The van der Waals surface area contributed by atoms with Crippen LogP contribution in [-0.2, 0) is 11.3 Å². The number of likely N-dealkylation sites (N-methyl/N-ethyl adjacent to an activating group) is 1. The quantitative estimate of drug-likeness (QED) is 0.490. The SMILES string of the molecule is Cc1ccc(Cn2ncc3cc(/C=C4\SC(N5CCN(C)CC5)=NC4=O)ccc32)c(Br)c1. The largest absolute Gasteiger partial charge is 0.348 e. The van der Waals surface area contributed by atoms with Crippen LogP contribution in [0.3, 0.4) is 0 Å². The summed E-state index contributed by atoms with van der Waals surface area (Å²) in [7, 11) is 2.12. The molecule has 0 bridgehead atoms. The molecule has 3 aromatic rings. The maximum absolute atomic E-state index is 12.5. The van der Waals surface area contributed by atoms with Crippen LogP contribution in [0.15, 0.2) is 57.0 Å². The molecule has 1 aromatic heterocycles. The maximum atomic E-state index is 12.5. The summed E-state index contributed by atoms with van der Waals surface area (Å²) in [6, 6.07) is 12.6. The first-order valence-corrected chi connectivity index (χ1v) is 12.2. The third-order valence-corrected chi connectivity index (χ3v) is 7.66. The lowest BCUT2D eigenvalue weighted by Crippen LogP contribution is -2.46. The molecule has 0 unspecified atom stereocenters. The minimum Gasteiger partial charge on any atom is -0.348 e. The van der Waals surface area contributed by atoms with Gasteiger partial charge in [-0.15, -0.1) is 0 Å². The molecule has 8 heteroatoms. The second kappa shape index (κ2) is 8.84. The Morgan fingerprint density at radius 2 is 1.94 bits per heavy atom. The topological polar surface area (TPSA) is 53.7 Å². The number of hydrogen-bond donors (Lipinski definition) is 0. The average Bonchev–Trinajstić information content (AvgIpc) is 3.34. The van der Waals surface area contributed by atoms with Gasteiger partial charge in [0.1, 0.15) is 0 Å². The molecule has 5 rings (SSSR count). The molecule has 3 heterocycles. The van der Waals surface area contributed by atoms with Crippen molar-refractivity contribution >= 4 is 55.7 Å². The number of piperazine rings is 1. The first-order valence-electron chi connectivity index (χ1n) is 10.6. The van der Waals surface area contributed by atoms with Crippen LogP contribution >= 0.6 is 27.7 Å². The van der Waals surface area contributed by atoms with Crippen LogP contribution in [0.25, 0.3) is 17.0 Å². The zero-order valence-corrected chi connectivity index (χ0v) is 20.5. The molecule has 0 radical (unpaired) electrons. The molecule has 0 aliphatic carbocycles. The van der Waals surface area contributed by atoms with Gasteiger partial charge in [-0.25, -0.2) is 0 Å². The second-order valence-electron chi connectivity index (χ2n) is 8.32. The van der Waals surface area contributed by atoms with Gasteiger partial charge in [0.15, 0.2) is 5.17 Å². The van der Waals surface area contributed by atoms with E-state index in [1.165, 1.54) is 22.9 Å². The van der Waals surface area contributed by atoms with E-state index in [-0.39, 0.29) is 5.91 Å². The van der Waals surface area contributed by atoms with Crippen LogP contribution in [-0.4, -0.2) is 63.9 Å². The van der Waals surface area contributed by atoms with E-state index in [1.807, 2.05) is 23.0 Å². The molecule has 0 saturated carbocycles. The van der Waals surface area contributed by atoms with Gasteiger partial charge in [0.25, 0.3) is 5.91 Å². The highest BCUT2D eigenvalue weighted by atomic mass is 79.9. The Hall–Kier alpha value is -2.42. The lowest BCUT2D eigenvalue weighted by Gasteiger charge is -2.32. The second-order valence-corrected chi connectivity index (χ2v) is 10.2. The average molecular weight is 510 g/mol. The van der Waals surface area contributed by atoms with Gasteiger partial charge in [0.05, 0.1) is 23.2 Å². The van der Waals surface area contributed by atoms with E-state index < -0.39 is 0 Å². The number of fused-ring (bicyclic) bond motifs is 1. The van der Waals surface area contributed by atoms with Crippen LogP contribution in [0.1, 0.15) is 16.7 Å². The van der Waals surface area contributed by atoms with Crippen molar-refractivity contribution < 1.29 is 4.79 Å². The van der Waals surface area contributed by atoms with Crippen molar-refractivity contribution in [2.75, 3.05) is 33.2 Å². The third kappa shape index (κ3) is 4.40. The van der Waals surface area contributed by atoms with Gasteiger partial charge < -0.3 is 9.80 Å². The Kier molecular flexibility index (Phi) is 5.92. The summed E-state index contributed by atoms with van der Waals surface area (Å²) in [5.41, 5.74) is 4.47. The molecule has 1 amide bonds. The number of benzene rings is 2. The van der Waals surface area contributed by atoms with Gasteiger partial charge in [-0.05, 0) is 66.7 Å². The first kappa shape index (κ1) is 21.4. The fourth-order valence-corrected chi connectivity index (χ4v) is 5.53. The Morgan fingerprint density at radius 3 is 2.72 bits per heavy atom. The van der Waals surface area contributed by atoms with Gasteiger partial charge in [-0.3, -0.25) is 9.48 Å². The number of hydrogen-bond acceptors (Lipinski definition) is 5. The summed E-state index contributed by atoms with van der Waals surface area (Å²) in [6.07, 6.45) is 3.82. The van der Waals surface area contributed by atoms with E-state index >= 15 is 0 Å².